The quantitative estimate of drug-likeness (QED) is 0.813. The highest BCUT2D eigenvalue weighted by atomic mass is 16.5. The van der Waals surface area contributed by atoms with Crippen molar-refractivity contribution in [3.63, 3.8) is 0 Å². The smallest absolute Gasteiger partial charge is 0.248 e. The molecule has 2 amide bonds. The van der Waals surface area contributed by atoms with Crippen LogP contribution in [-0.4, -0.2) is 79.0 Å². The van der Waals surface area contributed by atoms with Gasteiger partial charge in [-0.05, 0) is 18.9 Å². The zero-order valence-corrected chi connectivity index (χ0v) is 15.1. The summed E-state index contributed by atoms with van der Waals surface area (Å²) in [4.78, 5) is 31.0. The van der Waals surface area contributed by atoms with E-state index in [4.69, 9.17) is 4.74 Å². The number of aryl methyl sites for hydroxylation is 1. The summed E-state index contributed by atoms with van der Waals surface area (Å²) in [6.45, 7) is 6.50. The third kappa shape index (κ3) is 4.19. The number of fused-ring (bicyclic) bond motifs is 1. The second-order valence-corrected chi connectivity index (χ2v) is 6.90. The number of piperazine rings is 1. The Kier molecular flexibility index (Phi) is 5.71. The normalized spacial score (nSPS) is 21.8. The standard InChI is InChI=1S/C19H27N3O3/c1-15-4-3-5-16(12-15)13-22-11-9-20-8-10-21(18(23)14-25-2)7-6-17(20)19(22)24/h3-5,12,17H,6-11,13-14H2,1-2H3. The Balaban J connectivity index is 1.64. The van der Waals surface area contributed by atoms with Crippen molar-refractivity contribution in [1.29, 1.82) is 0 Å². The van der Waals surface area contributed by atoms with Crippen LogP contribution in [-0.2, 0) is 20.9 Å². The van der Waals surface area contributed by atoms with Gasteiger partial charge in [0.2, 0.25) is 11.8 Å². The summed E-state index contributed by atoms with van der Waals surface area (Å²) >= 11 is 0. The molecule has 2 aliphatic rings. The zero-order chi connectivity index (χ0) is 17.8. The molecule has 0 radical (unpaired) electrons. The van der Waals surface area contributed by atoms with Crippen LogP contribution in [0, 0.1) is 6.92 Å². The van der Waals surface area contributed by atoms with Gasteiger partial charge in [0.25, 0.3) is 0 Å². The van der Waals surface area contributed by atoms with Crippen molar-refractivity contribution in [1.82, 2.24) is 14.7 Å². The van der Waals surface area contributed by atoms with Gasteiger partial charge in [-0.2, -0.15) is 0 Å². The van der Waals surface area contributed by atoms with Crippen molar-refractivity contribution < 1.29 is 14.3 Å². The Hall–Kier alpha value is -1.92. The van der Waals surface area contributed by atoms with E-state index in [0.717, 1.165) is 19.6 Å². The molecular weight excluding hydrogens is 318 g/mol. The molecule has 6 heteroatoms. The lowest BCUT2D eigenvalue weighted by atomic mass is 10.1. The third-order valence-electron chi connectivity index (χ3n) is 5.10. The average molecular weight is 345 g/mol. The first-order valence-corrected chi connectivity index (χ1v) is 8.93. The van der Waals surface area contributed by atoms with Crippen molar-refractivity contribution in [3.05, 3.63) is 35.4 Å². The van der Waals surface area contributed by atoms with E-state index in [1.54, 1.807) is 0 Å². The van der Waals surface area contributed by atoms with Gasteiger partial charge in [-0.25, -0.2) is 0 Å². The third-order valence-corrected chi connectivity index (χ3v) is 5.10. The van der Waals surface area contributed by atoms with E-state index in [-0.39, 0.29) is 24.5 Å². The van der Waals surface area contributed by atoms with E-state index < -0.39 is 0 Å². The van der Waals surface area contributed by atoms with E-state index in [9.17, 15) is 9.59 Å². The van der Waals surface area contributed by atoms with Gasteiger partial charge in [0, 0.05) is 46.4 Å². The molecule has 0 bridgehead atoms. The number of carbonyl (C=O) groups is 2. The first kappa shape index (κ1) is 17.9. The summed E-state index contributed by atoms with van der Waals surface area (Å²) in [5.41, 5.74) is 2.39. The lowest BCUT2D eigenvalue weighted by molar-refractivity contribution is -0.142. The fourth-order valence-corrected chi connectivity index (χ4v) is 3.75. The van der Waals surface area contributed by atoms with Crippen LogP contribution in [0.1, 0.15) is 17.5 Å². The highest BCUT2D eigenvalue weighted by Crippen LogP contribution is 2.20. The fraction of sp³-hybridized carbons (Fsp3) is 0.579. The molecule has 136 valence electrons. The Morgan fingerprint density at radius 2 is 2.00 bits per heavy atom. The van der Waals surface area contributed by atoms with E-state index >= 15 is 0 Å². The highest BCUT2D eigenvalue weighted by Gasteiger charge is 2.37. The van der Waals surface area contributed by atoms with Crippen molar-refractivity contribution in [2.45, 2.75) is 25.9 Å². The first-order valence-electron chi connectivity index (χ1n) is 8.93. The molecular formula is C19H27N3O3. The molecule has 0 aromatic heterocycles. The van der Waals surface area contributed by atoms with Crippen molar-refractivity contribution in [3.8, 4) is 0 Å². The van der Waals surface area contributed by atoms with Crippen molar-refractivity contribution in [2.24, 2.45) is 0 Å². The SMILES string of the molecule is COCC(=O)N1CCC2C(=O)N(Cc3cccc(C)c3)CCN2CC1. The average Bonchev–Trinajstić information content (AvgIpc) is 2.81. The van der Waals surface area contributed by atoms with Crippen LogP contribution < -0.4 is 0 Å². The lowest BCUT2D eigenvalue weighted by Gasteiger charge is -2.39. The monoisotopic (exact) mass is 345 g/mol. The second-order valence-electron chi connectivity index (χ2n) is 6.90. The topological polar surface area (TPSA) is 53.1 Å². The van der Waals surface area contributed by atoms with Crippen LogP contribution in [0.5, 0.6) is 0 Å². The largest absolute Gasteiger partial charge is 0.375 e. The van der Waals surface area contributed by atoms with Crippen LogP contribution in [0.3, 0.4) is 0 Å². The molecule has 0 saturated carbocycles. The number of nitrogens with zero attached hydrogens (tertiary/aromatic N) is 3. The number of methoxy groups -OCH3 is 1. The van der Waals surface area contributed by atoms with Crippen LogP contribution >= 0.6 is 0 Å². The molecule has 2 heterocycles. The molecule has 3 rings (SSSR count). The summed E-state index contributed by atoms with van der Waals surface area (Å²) < 4.78 is 4.95. The van der Waals surface area contributed by atoms with Gasteiger partial charge in [0.15, 0.2) is 0 Å². The molecule has 6 nitrogen and oxygen atoms in total. The van der Waals surface area contributed by atoms with Gasteiger partial charge in [0.1, 0.15) is 6.61 Å². The number of carbonyl (C=O) groups excluding carboxylic acids is 2. The minimum atomic E-state index is -0.112. The molecule has 25 heavy (non-hydrogen) atoms. The first-order chi connectivity index (χ1) is 12.1. The summed E-state index contributed by atoms with van der Waals surface area (Å²) in [5, 5.41) is 0. The van der Waals surface area contributed by atoms with Gasteiger partial charge < -0.3 is 14.5 Å². The van der Waals surface area contributed by atoms with Gasteiger partial charge >= 0.3 is 0 Å². The molecule has 2 fully saturated rings. The molecule has 1 aromatic rings. The van der Waals surface area contributed by atoms with Gasteiger partial charge in [-0.1, -0.05) is 29.8 Å². The lowest BCUT2D eigenvalue weighted by Crippen LogP contribution is -2.56. The van der Waals surface area contributed by atoms with Crippen molar-refractivity contribution >= 4 is 11.8 Å². The maximum absolute atomic E-state index is 13.0. The molecule has 1 atom stereocenters. The summed E-state index contributed by atoms with van der Waals surface area (Å²) in [7, 11) is 1.53. The van der Waals surface area contributed by atoms with E-state index in [0.29, 0.717) is 26.1 Å². The Bertz CT molecular complexity index is 634. The highest BCUT2D eigenvalue weighted by molar-refractivity contribution is 5.83. The maximum Gasteiger partial charge on any atom is 0.248 e. The zero-order valence-electron chi connectivity index (χ0n) is 15.1. The van der Waals surface area contributed by atoms with Crippen LogP contribution in [0.2, 0.25) is 0 Å². The van der Waals surface area contributed by atoms with Crippen LogP contribution in [0.25, 0.3) is 0 Å². The number of benzene rings is 1. The predicted octanol–water partition coefficient (Wildman–Crippen LogP) is 0.887. The van der Waals surface area contributed by atoms with Crippen LogP contribution in [0.15, 0.2) is 24.3 Å². The van der Waals surface area contributed by atoms with E-state index in [1.165, 1.54) is 18.2 Å². The number of hydrogen-bond donors (Lipinski definition) is 0. The molecule has 1 aromatic carbocycles. The van der Waals surface area contributed by atoms with Crippen LogP contribution in [0.4, 0.5) is 0 Å². The molecule has 0 spiro atoms. The van der Waals surface area contributed by atoms with Gasteiger partial charge in [0.05, 0.1) is 6.04 Å². The minimum Gasteiger partial charge on any atom is -0.375 e. The van der Waals surface area contributed by atoms with E-state index in [2.05, 4.69) is 30.0 Å². The number of rotatable bonds is 4. The minimum absolute atomic E-state index is 0.00594. The Morgan fingerprint density at radius 1 is 1.20 bits per heavy atom. The second kappa shape index (κ2) is 7.97. The maximum atomic E-state index is 13.0. The Morgan fingerprint density at radius 3 is 2.76 bits per heavy atom. The van der Waals surface area contributed by atoms with Gasteiger partial charge in [-0.3, -0.25) is 14.5 Å². The molecule has 0 aliphatic carbocycles. The summed E-state index contributed by atoms with van der Waals surface area (Å²) in [5.74, 6) is 0.195. The Labute approximate surface area is 149 Å². The number of ether oxygens (including phenoxy) is 1. The molecule has 2 aliphatic heterocycles. The van der Waals surface area contributed by atoms with E-state index in [1.807, 2.05) is 15.9 Å². The van der Waals surface area contributed by atoms with Gasteiger partial charge in [-0.15, -0.1) is 0 Å². The summed E-state index contributed by atoms with van der Waals surface area (Å²) in [6.07, 6.45) is 0.693. The molecule has 1 unspecified atom stereocenters. The summed E-state index contributed by atoms with van der Waals surface area (Å²) in [6, 6.07) is 8.21. The number of hydrogen-bond acceptors (Lipinski definition) is 4. The predicted molar refractivity (Wildman–Crippen MR) is 95.0 cm³/mol. The molecule has 2 saturated heterocycles. The fourth-order valence-electron chi connectivity index (χ4n) is 3.75. The molecule has 0 N–H and O–H groups in total. The number of amides is 2. The van der Waals surface area contributed by atoms with Crippen molar-refractivity contribution in [2.75, 3.05) is 46.4 Å².